The van der Waals surface area contributed by atoms with Gasteiger partial charge in [-0.25, -0.2) is 14.4 Å². The Bertz CT molecular complexity index is 902. The molecule has 0 bridgehead atoms. The Morgan fingerprint density at radius 3 is 2.04 bits per heavy atom. The van der Waals surface area contributed by atoms with Gasteiger partial charge in [-0.3, -0.25) is 0 Å². The molecule has 2 unspecified atom stereocenters. The Morgan fingerprint density at radius 2 is 1.48 bits per heavy atom. The van der Waals surface area contributed by atoms with Gasteiger partial charge in [0.2, 0.25) is 0 Å². The van der Waals surface area contributed by atoms with Gasteiger partial charge in [0.25, 0.3) is 0 Å². The monoisotopic (exact) mass is 371 g/mol. The smallest absolute Gasteiger partial charge is 0.159 e. The van der Waals surface area contributed by atoms with Gasteiger partial charge < -0.3 is 25.8 Å². The number of benzene rings is 2. The van der Waals surface area contributed by atoms with E-state index in [1.54, 1.807) is 24.3 Å². The second-order valence-corrected chi connectivity index (χ2v) is 5.76. The van der Waals surface area contributed by atoms with E-state index < -0.39 is 18.9 Å². The Kier molecular flexibility index (Phi) is 5.72. The summed E-state index contributed by atoms with van der Waals surface area (Å²) in [5.74, 6) is 0.892. The van der Waals surface area contributed by atoms with Crippen LogP contribution in [0.2, 0.25) is 0 Å². The standard InChI is InChI=1S/C19H18FN3O4/c20-12-3-7-14(8-4-12)27-13-5-1-11(2-6-13)19-22-15(17(25)10-24)9-16(23-19)18(21)26/h1-9,17-18,24-26H,10,21H2. The van der Waals surface area contributed by atoms with Crippen LogP contribution in [0.25, 0.3) is 11.4 Å². The van der Waals surface area contributed by atoms with Gasteiger partial charge in [0.15, 0.2) is 5.82 Å². The van der Waals surface area contributed by atoms with E-state index in [-0.39, 0.29) is 23.0 Å². The molecule has 5 N–H and O–H groups in total. The summed E-state index contributed by atoms with van der Waals surface area (Å²) in [6, 6.07) is 13.7. The Hall–Kier alpha value is -2.91. The molecule has 0 saturated heterocycles. The average Bonchev–Trinajstić information content (AvgIpc) is 2.69. The van der Waals surface area contributed by atoms with Crippen LogP contribution < -0.4 is 10.5 Å². The number of aromatic nitrogens is 2. The molecule has 7 nitrogen and oxygen atoms in total. The van der Waals surface area contributed by atoms with Crippen LogP contribution in [0.5, 0.6) is 11.5 Å². The van der Waals surface area contributed by atoms with Crippen LogP contribution in [-0.4, -0.2) is 31.9 Å². The van der Waals surface area contributed by atoms with Gasteiger partial charge in [-0.2, -0.15) is 0 Å². The molecule has 3 aromatic rings. The van der Waals surface area contributed by atoms with E-state index in [9.17, 15) is 14.6 Å². The van der Waals surface area contributed by atoms with E-state index in [1.165, 1.54) is 30.3 Å². The molecule has 0 amide bonds. The third kappa shape index (κ3) is 4.63. The lowest BCUT2D eigenvalue weighted by atomic mass is 10.1. The van der Waals surface area contributed by atoms with Crippen LogP contribution in [0.4, 0.5) is 4.39 Å². The van der Waals surface area contributed by atoms with Crippen LogP contribution in [0.3, 0.4) is 0 Å². The maximum atomic E-state index is 12.9. The van der Waals surface area contributed by atoms with Gasteiger partial charge in [-0.15, -0.1) is 0 Å². The molecule has 3 rings (SSSR count). The summed E-state index contributed by atoms with van der Waals surface area (Å²) in [6.07, 6.45) is -2.57. The van der Waals surface area contributed by atoms with Gasteiger partial charge in [-0.05, 0) is 54.6 Å². The topological polar surface area (TPSA) is 122 Å². The maximum absolute atomic E-state index is 12.9. The SMILES string of the molecule is NC(O)c1cc(C(O)CO)nc(-c2ccc(Oc3ccc(F)cc3)cc2)n1. The number of hydrogen-bond acceptors (Lipinski definition) is 7. The zero-order chi connectivity index (χ0) is 19.4. The minimum atomic E-state index is -1.35. The van der Waals surface area contributed by atoms with Crippen molar-refractivity contribution < 1.29 is 24.4 Å². The fraction of sp³-hybridized carbons (Fsp3) is 0.158. The first-order chi connectivity index (χ1) is 13.0. The Morgan fingerprint density at radius 1 is 0.926 bits per heavy atom. The lowest BCUT2D eigenvalue weighted by Crippen LogP contribution is -2.15. The van der Waals surface area contributed by atoms with Gasteiger partial charge >= 0.3 is 0 Å². The molecule has 1 aromatic heterocycles. The fourth-order valence-corrected chi connectivity index (χ4v) is 2.34. The minimum Gasteiger partial charge on any atom is -0.457 e. The molecular weight excluding hydrogens is 353 g/mol. The largest absolute Gasteiger partial charge is 0.457 e. The first-order valence-electron chi connectivity index (χ1n) is 8.11. The number of nitrogens with two attached hydrogens (primary N) is 1. The highest BCUT2D eigenvalue weighted by Crippen LogP contribution is 2.26. The highest BCUT2D eigenvalue weighted by atomic mass is 19.1. The molecule has 8 heteroatoms. The molecule has 0 aliphatic heterocycles. The first-order valence-corrected chi connectivity index (χ1v) is 8.11. The predicted molar refractivity (Wildman–Crippen MR) is 95.1 cm³/mol. The summed E-state index contributed by atoms with van der Waals surface area (Å²) in [7, 11) is 0. The molecule has 0 saturated carbocycles. The van der Waals surface area contributed by atoms with Crippen LogP contribution >= 0.6 is 0 Å². The summed E-state index contributed by atoms with van der Waals surface area (Å²) in [5.41, 5.74) is 6.33. The quantitative estimate of drug-likeness (QED) is 0.489. The summed E-state index contributed by atoms with van der Waals surface area (Å²) >= 11 is 0. The van der Waals surface area contributed by atoms with E-state index in [4.69, 9.17) is 15.6 Å². The van der Waals surface area contributed by atoms with Crippen LogP contribution in [0, 0.1) is 5.82 Å². The Balaban J connectivity index is 1.87. The maximum Gasteiger partial charge on any atom is 0.159 e. The summed E-state index contributed by atoms with van der Waals surface area (Å²) in [4.78, 5) is 8.39. The molecule has 27 heavy (non-hydrogen) atoms. The zero-order valence-corrected chi connectivity index (χ0v) is 14.2. The van der Waals surface area contributed by atoms with Gasteiger partial charge in [-0.1, -0.05) is 0 Å². The van der Waals surface area contributed by atoms with E-state index in [0.29, 0.717) is 17.1 Å². The number of aliphatic hydroxyl groups excluding tert-OH is 3. The van der Waals surface area contributed by atoms with Gasteiger partial charge in [0.1, 0.15) is 29.6 Å². The van der Waals surface area contributed by atoms with Crippen molar-refractivity contribution in [1.29, 1.82) is 0 Å². The molecule has 0 spiro atoms. The van der Waals surface area contributed by atoms with Gasteiger partial charge in [0, 0.05) is 5.56 Å². The third-order valence-electron chi connectivity index (χ3n) is 3.75. The van der Waals surface area contributed by atoms with Crippen molar-refractivity contribution in [2.24, 2.45) is 5.73 Å². The summed E-state index contributed by atoms with van der Waals surface area (Å²) in [5, 5.41) is 28.6. The van der Waals surface area contributed by atoms with Crippen molar-refractivity contribution in [3.63, 3.8) is 0 Å². The molecule has 2 atom stereocenters. The molecule has 140 valence electrons. The second-order valence-electron chi connectivity index (χ2n) is 5.76. The van der Waals surface area contributed by atoms with Crippen molar-refractivity contribution in [3.05, 3.63) is 71.8 Å². The van der Waals surface area contributed by atoms with E-state index in [2.05, 4.69) is 9.97 Å². The molecule has 1 heterocycles. The number of rotatable bonds is 6. The van der Waals surface area contributed by atoms with E-state index in [0.717, 1.165) is 0 Å². The lowest BCUT2D eigenvalue weighted by molar-refractivity contribution is 0.0917. The number of aliphatic hydroxyl groups is 3. The Labute approximate surface area is 154 Å². The first kappa shape index (κ1) is 18.9. The molecule has 0 radical (unpaired) electrons. The van der Waals surface area contributed by atoms with Crippen LogP contribution in [-0.2, 0) is 0 Å². The minimum absolute atomic E-state index is 0.120. The number of nitrogens with zero attached hydrogens (tertiary/aromatic N) is 2. The van der Waals surface area contributed by atoms with Crippen molar-refractivity contribution in [2.45, 2.75) is 12.3 Å². The molecule has 2 aromatic carbocycles. The summed E-state index contributed by atoms with van der Waals surface area (Å²) in [6.45, 7) is -0.527. The number of halogens is 1. The number of ether oxygens (including phenoxy) is 1. The molecule has 0 fully saturated rings. The predicted octanol–water partition coefficient (Wildman–Crippen LogP) is 2.05. The molecule has 0 aliphatic rings. The second kappa shape index (κ2) is 8.19. The zero-order valence-electron chi connectivity index (χ0n) is 14.2. The van der Waals surface area contributed by atoms with Crippen molar-refractivity contribution in [2.75, 3.05) is 6.61 Å². The average molecular weight is 371 g/mol. The normalized spacial score (nSPS) is 13.2. The van der Waals surface area contributed by atoms with Crippen LogP contribution in [0.1, 0.15) is 23.7 Å². The summed E-state index contributed by atoms with van der Waals surface area (Å²) < 4.78 is 18.6. The van der Waals surface area contributed by atoms with E-state index >= 15 is 0 Å². The number of hydrogen-bond donors (Lipinski definition) is 4. The van der Waals surface area contributed by atoms with Gasteiger partial charge in [0.05, 0.1) is 18.0 Å². The third-order valence-corrected chi connectivity index (χ3v) is 3.75. The van der Waals surface area contributed by atoms with E-state index in [1.807, 2.05) is 0 Å². The molecular formula is C19H18FN3O4. The lowest BCUT2D eigenvalue weighted by Gasteiger charge is -2.13. The van der Waals surface area contributed by atoms with Crippen molar-refractivity contribution in [1.82, 2.24) is 9.97 Å². The van der Waals surface area contributed by atoms with Crippen molar-refractivity contribution >= 4 is 0 Å². The fourth-order valence-electron chi connectivity index (χ4n) is 2.34. The highest BCUT2D eigenvalue weighted by molar-refractivity contribution is 5.57. The molecule has 0 aliphatic carbocycles. The van der Waals surface area contributed by atoms with Crippen LogP contribution in [0.15, 0.2) is 54.6 Å². The van der Waals surface area contributed by atoms with Crippen molar-refractivity contribution in [3.8, 4) is 22.9 Å². The highest BCUT2D eigenvalue weighted by Gasteiger charge is 2.15.